The molecular weight excluding hydrogens is 657 g/mol. The van der Waals surface area contributed by atoms with E-state index in [0.29, 0.717) is 0 Å². The Kier molecular flexibility index (Phi) is 9.84. The molecule has 1 N–H and O–H groups in total. The van der Waals surface area contributed by atoms with Gasteiger partial charge in [-0.3, -0.25) is 0 Å². The van der Waals surface area contributed by atoms with Gasteiger partial charge in [0.25, 0.3) is 0 Å². The minimum atomic E-state index is -0.0236. The van der Waals surface area contributed by atoms with Gasteiger partial charge in [-0.25, -0.2) is 0 Å². The Morgan fingerprint density at radius 2 is 0.704 bits per heavy atom. The highest BCUT2D eigenvalue weighted by Crippen LogP contribution is 2.57. The zero-order chi connectivity index (χ0) is 37.5. The zero-order valence-electron chi connectivity index (χ0n) is 32.8. The molecule has 6 aromatic carbocycles. The van der Waals surface area contributed by atoms with Gasteiger partial charge >= 0.3 is 0 Å². The Morgan fingerprint density at radius 1 is 0.407 bits per heavy atom. The fourth-order valence-electron chi connectivity index (χ4n) is 10.3. The molecule has 0 atom stereocenters. The van der Waals surface area contributed by atoms with E-state index in [1.807, 2.05) is 12.1 Å². The van der Waals surface area contributed by atoms with E-state index in [1.54, 1.807) is 7.11 Å². The monoisotopic (exact) mass is 710 g/mol. The third-order valence-corrected chi connectivity index (χ3v) is 12.7. The SMILES string of the molecule is CCCC1(CCC)c2cc(-c3ccc(CO)cc3)ccc2-c2ccc(-c3ccc4c(c3)C(CCC)(CCC)c3cc(-c5ccc(OC)cc5)ccc3-4)cc21. The van der Waals surface area contributed by atoms with Crippen molar-refractivity contribution in [2.75, 3.05) is 7.11 Å². The molecule has 0 radical (unpaired) electrons. The molecule has 2 heteroatoms. The van der Waals surface area contributed by atoms with Gasteiger partial charge < -0.3 is 9.84 Å². The van der Waals surface area contributed by atoms with Crippen LogP contribution in [0, 0.1) is 0 Å². The summed E-state index contributed by atoms with van der Waals surface area (Å²) in [6.45, 7) is 9.45. The maximum Gasteiger partial charge on any atom is 0.118 e. The maximum absolute atomic E-state index is 9.64. The first-order chi connectivity index (χ1) is 26.4. The summed E-state index contributed by atoms with van der Waals surface area (Å²) in [7, 11) is 1.73. The topological polar surface area (TPSA) is 29.5 Å². The molecule has 0 fully saturated rings. The van der Waals surface area contributed by atoms with Gasteiger partial charge in [0.15, 0.2) is 0 Å². The molecule has 274 valence electrons. The first-order valence-corrected chi connectivity index (χ1v) is 20.4. The molecule has 0 aromatic heterocycles. The molecule has 0 unspecified atom stereocenters. The molecule has 2 aliphatic rings. The third-order valence-electron chi connectivity index (χ3n) is 12.7. The van der Waals surface area contributed by atoms with Gasteiger partial charge in [0.2, 0.25) is 0 Å². The average Bonchev–Trinajstić information content (AvgIpc) is 3.63. The van der Waals surface area contributed by atoms with Gasteiger partial charge in [0.05, 0.1) is 13.7 Å². The first kappa shape index (κ1) is 36.1. The molecule has 0 aliphatic heterocycles. The van der Waals surface area contributed by atoms with Crippen LogP contribution in [0.2, 0.25) is 0 Å². The Balaban J connectivity index is 1.23. The van der Waals surface area contributed by atoms with Gasteiger partial charge in [0.1, 0.15) is 5.75 Å². The highest BCUT2D eigenvalue weighted by molar-refractivity contribution is 5.89. The van der Waals surface area contributed by atoms with Crippen molar-refractivity contribution in [1.29, 1.82) is 0 Å². The number of hydrogen-bond acceptors (Lipinski definition) is 2. The smallest absolute Gasteiger partial charge is 0.118 e. The van der Waals surface area contributed by atoms with Gasteiger partial charge in [-0.15, -0.1) is 0 Å². The summed E-state index contributed by atoms with van der Waals surface area (Å²) in [5.74, 6) is 0.887. The third kappa shape index (κ3) is 5.82. The second kappa shape index (κ2) is 14.7. The van der Waals surface area contributed by atoms with Crippen LogP contribution in [0.5, 0.6) is 5.75 Å². The number of aliphatic hydroxyl groups is 1. The van der Waals surface area contributed by atoms with Crippen molar-refractivity contribution in [2.45, 2.75) is 96.5 Å². The summed E-state index contributed by atoms with van der Waals surface area (Å²) >= 11 is 0. The van der Waals surface area contributed by atoms with Crippen molar-refractivity contribution >= 4 is 0 Å². The quantitative estimate of drug-likeness (QED) is 0.129. The average molecular weight is 711 g/mol. The van der Waals surface area contributed by atoms with Crippen molar-refractivity contribution < 1.29 is 9.84 Å². The van der Waals surface area contributed by atoms with E-state index in [9.17, 15) is 5.11 Å². The molecule has 0 saturated carbocycles. The molecule has 0 saturated heterocycles. The number of aliphatic hydroxyl groups excluding tert-OH is 1. The van der Waals surface area contributed by atoms with Gasteiger partial charge in [-0.2, -0.15) is 0 Å². The minimum Gasteiger partial charge on any atom is -0.497 e. The summed E-state index contributed by atoms with van der Waals surface area (Å²) < 4.78 is 5.46. The number of ether oxygens (including phenoxy) is 1. The van der Waals surface area contributed by atoms with Crippen LogP contribution in [0.1, 0.15) is 107 Å². The summed E-state index contributed by atoms with van der Waals surface area (Å²) in [5, 5.41) is 9.64. The Hall–Kier alpha value is -4.92. The summed E-state index contributed by atoms with van der Waals surface area (Å²) in [5.41, 5.74) is 20.0. The minimum absolute atomic E-state index is 0.0143. The van der Waals surface area contributed by atoms with Crippen molar-refractivity contribution in [3.05, 3.63) is 149 Å². The molecule has 0 spiro atoms. The van der Waals surface area contributed by atoms with Crippen LogP contribution in [0.3, 0.4) is 0 Å². The van der Waals surface area contributed by atoms with Gasteiger partial charge in [-0.1, -0.05) is 138 Å². The van der Waals surface area contributed by atoms with Crippen LogP contribution >= 0.6 is 0 Å². The van der Waals surface area contributed by atoms with E-state index in [-0.39, 0.29) is 17.4 Å². The van der Waals surface area contributed by atoms with E-state index in [0.717, 1.165) is 62.7 Å². The van der Waals surface area contributed by atoms with E-state index in [4.69, 9.17) is 4.74 Å². The molecule has 2 aliphatic carbocycles. The summed E-state index contributed by atoms with van der Waals surface area (Å²) in [6.07, 6.45) is 9.06. The van der Waals surface area contributed by atoms with E-state index in [1.165, 1.54) is 77.9 Å². The Labute approximate surface area is 322 Å². The highest BCUT2D eigenvalue weighted by Gasteiger charge is 2.44. The normalized spacial score (nSPS) is 14.3. The van der Waals surface area contributed by atoms with Crippen molar-refractivity contribution in [1.82, 2.24) is 0 Å². The molecular formula is C52H54O2. The lowest BCUT2D eigenvalue weighted by molar-refractivity contribution is 0.282. The lowest BCUT2D eigenvalue weighted by Gasteiger charge is -2.33. The lowest BCUT2D eigenvalue weighted by Crippen LogP contribution is -2.25. The molecule has 0 heterocycles. The van der Waals surface area contributed by atoms with Crippen molar-refractivity contribution in [3.63, 3.8) is 0 Å². The highest BCUT2D eigenvalue weighted by atomic mass is 16.5. The largest absolute Gasteiger partial charge is 0.497 e. The van der Waals surface area contributed by atoms with Gasteiger partial charge in [0, 0.05) is 10.8 Å². The Bertz CT molecular complexity index is 2120. The first-order valence-electron chi connectivity index (χ1n) is 20.4. The van der Waals surface area contributed by atoms with Crippen LogP contribution in [-0.4, -0.2) is 12.2 Å². The predicted octanol–water partition coefficient (Wildman–Crippen LogP) is 13.9. The predicted molar refractivity (Wildman–Crippen MR) is 227 cm³/mol. The molecule has 2 nitrogen and oxygen atoms in total. The van der Waals surface area contributed by atoms with Crippen LogP contribution in [0.15, 0.2) is 121 Å². The fraction of sp³-hybridized carbons (Fsp3) is 0.308. The van der Waals surface area contributed by atoms with Gasteiger partial charge in [-0.05, 0) is 146 Å². The number of hydrogen-bond donors (Lipinski definition) is 1. The molecule has 6 aromatic rings. The second-order valence-electron chi connectivity index (χ2n) is 15.8. The number of rotatable bonds is 13. The van der Waals surface area contributed by atoms with Crippen LogP contribution in [0.4, 0.5) is 0 Å². The van der Waals surface area contributed by atoms with Crippen LogP contribution in [0.25, 0.3) is 55.6 Å². The lowest BCUT2D eigenvalue weighted by atomic mass is 9.70. The molecule has 0 amide bonds. The zero-order valence-corrected chi connectivity index (χ0v) is 32.8. The van der Waals surface area contributed by atoms with Crippen LogP contribution in [-0.2, 0) is 17.4 Å². The Morgan fingerprint density at radius 3 is 1.00 bits per heavy atom. The van der Waals surface area contributed by atoms with E-state index in [2.05, 4.69) is 137 Å². The number of benzene rings is 6. The number of methoxy groups -OCH3 is 1. The van der Waals surface area contributed by atoms with E-state index < -0.39 is 0 Å². The molecule has 54 heavy (non-hydrogen) atoms. The van der Waals surface area contributed by atoms with E-state index >= 15 is 0 Å². The maximum atomic E-state index is 9.64. The van der Waals surface area contributed by atoms with Crippen molar-refractivity contribution in [3.8, 4) is 61.4 Å². The van der Waals surface area contributed by atoms with Crippen LogP contribution < -0.4 is 4.74 Å². The standard InChI is InChI=1S/C52H54O2/c1-6-26-51(27-7-2)47-30-38(36-12-10-35(34-53)11-13-36)16-22-43(47)45-24-18-40(32-49(45)51)41-19-25-46-44-23-17-39(37-14-20-42(54-5)21-15-37)31-48(44)52(28-8-3,29-9-4)50(46)33-41/h10-25,30-33,53H,6-9,26-29,34H2,1-5H3. The number of fused-ring (bicyclic) bond motifs is 6. The summed E-state index contributed by atoms with van der Waals surface area (Å²) in [4.78, 5) is 0. The van der Waals surface area contributed by atoms with Crippen molar-refractivity contribution in [2.24, 2.45) is 0 Å². The molecule has 8 rings (SSSR count). The second-order valence-corrected chi connectivity index (χ2v) is 15.8. The molecule has 0 bridgehead atoms. The fourth-order valence-corrected chi connectivity index (χ4v) is 10.3. The summed E-state index contributed by atoms with van der Waals surface area (Å²) in [6, 6.07) is 45.9.